The van der Waals surface area contributed by atoms with Gasteiger partial charge in [0.1, 0.15) is 5.82 Å². The lowest BCUT2D eigenvalue weighted by Gasteiger charge is -2.18. The molecule has 2 rings (SSSR count). The SMILES string of the molecule is CCNC(Cc1nccn1CC)c1ccc(Cl)cc1. The zero-order chi connectivity index (χ0) is 13.7. The molecule has 19 heavy (non-hydrogen) atoms. The average molecular weight is 278 g/mol. The first kappa shape index (κ1) is 14.1. The Morgan fingerprint density at radius 2 is 2.00 bits per heavy atom. The maximum Gasteiger partial charge on any atom is 0.110 e. The van der Waals surface area contributed by atoms with E-state index in [1.165, 1.54) is 5.56 Å². The standard InChI is InChI=1S/C15H20ClN3/c1-3-17-14(12-5-7-13(16)8-6-12)11-15-18-9-10-19(15)4-2/h5-10,14,17H,3-4,11H2,1-2H3. The van der Waals surface area contributed by atoms with Crippen molar-refractivity contribution in [2.45, 2.75) is 32.9 Å². The van der Waals surface area contributed by atoms with Gasteiger partial charge < -0.3 is 9.88 Å². The van der Waals surface area contributed by atoms with Crippen molar-refractivity contribution in [1.82, 2.24) is 14.9 Å². The third-order valence-electron chi connectivity index (χ3n) is 3.25. The Morgan fingerprint density at radius 3 is 2.63 bits per heavy atom. The van der Waals surface area contributed by atoms with Crippen molar-refractivity contribution in [2.75, 3.05) is 6.54 Å². The first-order valence-electron chi connectivity index (χ1n) is 6.73. The number of likely N-dealkylation sites (N-methyl/N-ethyl adjacent to an activating group) is 1. The number of rotatable bonds is 6. The molecule has 0 aliphatic carbocycles. The third kappa shape index (κ3) is 3.58. The van der Waals surface area contributed by atoms with Crippen LogP contribution >= 0.6 is 11.6 Å². The van der Waals surface area contributed by atoms with E-state index in [9.17, 15) is 0 Å². The van der Waals surface area contributed by atoms with Crippen LogP contribution in [0.25, 0.3) is 0 Å². The minimum absolute atomic E-state index is 0.273. The molecule has 3 nitrogen and oxygen atoms in total. The number of imidazole rings is 1. The Kier molecular flexibility index (Phi) is 5.00. The molecule has 0 bridgehead atoms. The topological polar surface area (TPSA) is 29.9 Å². The molecule has 1 aromatic heterocycles. The first-order chi connectivity index (χ1) is 9.24. The zero-order valence-electron chi connectivity index (χ0n) is 11.4. The van der Waals surface area contributed by atoms with E-state index in [1.54, 1.807) is 0 Å². The second-order valence-electron chi connectivity index (χ2n) is 4.50. The first-order valence-corrected chi connectivity index (χ1v) is 7.11. The zero-order valence-corrected chi connectivity index (χ0v) is 12.2. The van der Waals surface area contributed by atoms with Gasteiger partial charge in [-0.15, -0.1) is 0 Å². The minimum Gasteiger partial charge on any atom is -0.335 e. The molecule has 0 aliphatic rings. The fourth-order valence-electron chi connectivity index (χ4n) is 2.25. The number of aryl methyl sites for hydroxylation is 1. The Morgan fingerprint density at radius 1 is 1.26 bits per heavy atom. The summed E-state index contributed by atoms with van der Waals surface area (Å²) < 4.78 is 2.18. The Hall–Kier alpha value is -1.32. The molecule has 1 aromatic carbocycles. The highest BCUT2D eigenvalue weighted by molar-refractivity contribution is 6.30. The molecule has 4 heteroatoms. The number of nitrogens with zero attached hydrogens (tertiary/aromatic N) is 2. The molecular formula is C15H20ClN3. The lowest BCUT2D eigenvalue weighted by Crippen LogP contribution is -2.24. The second-order valence-corrected chi connectivity index (χ2v) is 4.93. The van der Waals surface area contributed by atoms with Crippen LogP contribution < -0.4 is 5.32 Å². The van der Waals surface area contributed by atoms with Crippen molar-refractivity contribution in [3.05, 3.63) is 53.1 Å². The number of halogens is 1. The summed E-state index contributed by atoms with van der Waals surface area (Å²) in [6, 6.07) is 8.31. The summed E-state index contributed by atoms with van der Waals surface area (Å²) >= 11 is 5.95. The van der Waals surface area contributed by atoms with Crippen LogP contribution in [-0.4, -0.2) is 16.1 Å². The van der Waals surface area contributed by atoms with E-state index in [2.05, 4.69) is 40.8 Å². The number of hydrogen-bond donors (Lipinski definition) is 1. The van der Waals surface area contributed by atoms with Crippen LogP contribution in [0.4, 0.5) is 0 Å². The van der Waals surface area contributed by atoms with Gasteiger partial charge in [-0.2, -0.15) is 0 Å². The van der Waals surface area contributed by atoms with E-state index >= 15 is 0 Å². The van der Waals surface area contributed by atoms with Crippen LogP contribution in [0.3, 0.4) is 0 Å². The summed E-state index contributed by atoms with van der Waals surface area (Å²) in [4.78, 5) is 4.45. The molecule has 0 radical (unpaired) electrons. The fraction of sp³-hybridized carbons (Fsp3) is 0.400. The summed E-state index contributed by atoms with van der Waals surface area (Å²) in [6.07, 6.45) is 4.78. The van der Waals surface area contributed by atoms with Crippen molar-refractivity contribution in [2.24, 2.45) is 0 Å². The van der Waals surface area contributed by atoms with Gasteiger partial charge in [0.05, 0.1) is 0 Å². The van der Waals surface area contributed by atoms with Crippen LogP contribution in [0.1, 0.15) is 31.3 Å². The van der Waals surface area contributed by atoms with Crippen LogP contribution in [0.2, 0.25) is 5.02 Å². The molecule has 1 unspecified atom stereocenters. The van der Waals surface area contributed by atoms with Gasteiger partial charge >= 0.3 is 0 Å². The average Bonchev–Trinajstić information content (AvgIpc) is 2.86. The molecule has 1 heterocycles. The summed E-state index contributed by atoms with van der Waals surface area (Å²) in [5, 5.41) is 4.28. The molecule has 0 fully saturated rings. The molecule has 2 aromatic rings. The Bertz CT molecular complexity index is 504. The summed E-state index contributed by atoms with van der Waals surface area (Å²) in [5.74, 6) is 1.11. The maximum absolute atomic E-state index is 5.95. The molecule has 0 amide bonds. The Balaban J connectivity index is 2.18. The predicted molar refractivity (Wildman–Crippen MR) is 79.5 cm³/mol. The van der Waals surface area contributed by atoms with Gasteiger partial charge in [0, 0.05) is 36.4 Å². The van der Waals surface area contributed by atoms with Crippen LogP contribution in [0, 0.1) is 0 Å². The maximum atomic E-state index is 5.95. The molecule has 0 aliphatic heterocycles. The van der Waals surface area contributed by atoms with Crippen molar-refractivity contribution in [3.63, 3.8) is 0 Å². The summed E-state index contributed by atoms with van der Waals surface area (Å²) in [6.45, 7) is 6.14. The van der Waals surface area contributed by atoms with E-state index < -0.39 is 0 Å². The lowest BCUT2D eigenvalue weighted by atomic mass is 10.0. The molecule has 0 saturated carbocycles. The van der Waals surface area contributed by atoms with E-state index in [4.69, 9.17) is 11.6 Å². The quantitative estimate of drug-likeness (QED) is 0.876. The number of aromatic nitrogens is 2. The monoisotopic (exact) mass is 277 g/mol. The van der Waals surface area contributed by atoms with Crippen molar-refractivity contribution in [3.8, 4) is 0 Å². The summed E-state index contributed by atoms with van der Waals surface area (Å²) in [5.41, 5.74) is 1.25. The Labute approximate surface area is 119 Å². The van der Waals surface area contributed by atoms with Gasteiger partial charge in [0.15, 0.2) is 0 Å². The van der Waals surface area contributed by atoms with E-state index in [1.807, 2.05) is 24.5 Å². The van der Waals surface area contributed by atoms with E-state index in [-0.39, 0.29) is 6.04 Å². The minimum atomic E-state index is 0.273. The highest BCUT2D eigenvalue weighted by atomic mass is 35.5. The molecule has 0 spiro atoms. The molecule has 0 saturated heterocycles. The molecule has 1 atom stereocenters. The highest BCUT2D eigenvalue weighted by Gasteiger charge is 2.14. The van der Waals surface area contributed by atoms with Gasteiger partial charge in [-0.3, -0.25) is 0 Å². The number of nitrogens with one attached hydrogen (secondary N) is 1. The van der Waals surface area contributed by atoms with Gasteiger partial charge in [0.2, 0.25) is 0 Å². The molecular weight excluding hydrogens is 258 g/mol. The van der Waals surface area contributed by atoms with Crippen molar-refractivity contribution >= 4 is 11.6 Å². The lowest BCUT2D eigenvalue weighted by molar-refractivity contribution is 0.522. The van der Waals surface area contributed by atoms with E-state index in [0.717, 1.165) is 30.4 Å². The second kappa shape index (κ2) is 6.73. The van der Waals surface area contributed by atoms with Crippen LogP contribution in [-0.2, 0) is 13.0 Å². The van der Waals surface area contributed by atoms with Gasteiger partial charge in [-0.25, -0.2) is 4.98 Å². The van der Waals surface area contributed by atoms with Gasteiger partial charge in [0.25, 0.3) is 0 Å². The van der Waals surface area contributed by atoms with Crippen LogP contribution in [0.15, 0.2) is 36.7 Å². The fourth-order valence-corrected chi connectivity index (χ4v) is 2.38. The highest BCUT2D eigenvalue weighted by Crippen LogP contribution is 2.20. The van der Waals surface area contributed by atoms with Gasteiger partial charge in [-0.05, 0) is 31.2 Å². The normalized spacial score (nSPS) is 12.6. The predicted octanol–water partition coefficient (Wildman–Crippen LogP) is 3.45. The largest absolute Gasteiger partial charge is 0.335 e. The van der Waals surface area contributed by atoms with Crippen molar-refractivity contribution in [1.29, 1.82) is 0 Å². The van der Waals surface area contributed by atoms with Crippen molar-refractivity contribution < 1.29 is 0 Å². The van der Waals surface area contributed by atoms with Crippen LogP contribution in [0.5, 0.6) is 0 Å². The third-order valence-corrected chi connectivity index (χ3v) is 3.50. The summed E-state index contributed by atoms with van der Waals surface area (Å²) in [7, 11) is 0. The van der Waals surface area contributed by atoms with E-state index in [0.29, 0.717) is 0 Å². The molecule has 1 N–H and O–H groups in total. The smallest absolute Gasteiger partial charge is 0.110 e. The number of benzene rings is 1. The number of hydrogen-bond acceptors (Lipinski definition) is 2. The van der Waals surface area contributed by atoms with Gasteiger partial charge in [-0.1, -0.05) is 30.7 Å². The molecule has 102 valence electrons.